The number of methoxy groups -OCH3 is 1. The molecule has 0 aliphatic carbocycles. The number of anilines is 1. The van der Waals surface area contributed by atoms with Crippen LogP contribution < -0.4 is 10.1 Å². The van der Waals surface area contributed by atoms with Gasteiger partial charge in [-0.3, -0.25) is 19.6 Å². The summed E-state index contributed by atoms with van der Waals surface area (Å²) in [5.41, 5.74) is -0.203. The molecule has 0 spiro atoms. The summed E-state index contributed by atoms with van der Waals surface area (Å²) >= 11 is 3.02. The number of ether oxygens (including phenoxy) is 1. The molecule has 1 N–H and O–H groups in total. The molecule has 1 aromatic heterocycles. The van der Waals surface area contributed by atoms with Gasteiger partial charge in [-0.15, -0.1) is 0 Å². The highest BCUT2D eigenvalue weighted by molar-refractivity contribution is 9.10. The second kappa shape index (κ2) is 7.55. The van der Waals surface area contributed by atoms with Crippen molar-refractivity contribution in [3.63, 3.8) is 0 Å². The Labute approximate surface area is 149 Å². The fraction of sp³-hybridized carbons (Fsp3) is 0.286. The third kappa shape index (κ3) is 4.29. The van der Waals surface area contributed by atoms with E-state index in [4.69, 9.17) is 4.74 Å². The van der Waals surface area contributed by atoms with Crippen molar-refractivity contribution in [3.05, 3.63) is 44.2 Å². The molecule has 2 aromatic rings. The lowest BCUT2D eigenvalue weighted by molar-refractivity contribution is -0.384. The Kier molecular flexibility index (Phi) is 5.67. The van der Waals surface area contributed by atoms with Gasteiger partial charge in [0.2, 0.25) is 5.91 Å². The number of rotatable bonds is 6. The van der Waals surface area contributed by atoms with Crippen LogP contribution in [0.1, 0.15) is 17.8 Å². The van der Waals surface area contributed by atoms with Gasteiger partial charge in [-0.25, -0.2) is 8.78 Å². The molecule has 0 bridgehead atoms. The molecule has 0 saturated carbocycles. The van der Waals surface area contributed by atoms with Crippen molar-refractivity contribution in [2.24, 2.45) is 0 Å². The summed E-state index contributed by atoms with van der Waals surface area (Å²) in [7, 11) is 1.33. The molecule has 134 valence electrons. The van der Waals surface area contributed by atoms with E-state index in [0.29, 0.717) is 5.69 Å². The zero-order chi connectivity index (χ0) is 18.7. The van der Waals surface area contributed by atoms with Gasteiger partial charge in [-0.2, -0.15) is 5.10 Å². The molecule has 25 heavy (non-hydrogen) atoms. The van der Waals surface area contributed by atoms with Gasteiger partial charge in [0, 0.05) is 12.1 Å². The van der Waals surface area contributed by atoms with Crippen LogP contribution in [0.15, 0.2) is 22.7 Å². The van der Waals surface area contributed by atoms with Gasteiger partial charge in [-0.1, -0.05) is 0 Å². The van der Waals surface area contributed by atoms with Crippen molar-refractivity contribution in [1.29, 1.82) is 0 Å². The number of non-ortho nitro benzene ring substituents is 1. The van der Waals surface area contributed by atoms with Crippen LogP contribution in [0.3, 0.4) is 0 Å². The van der Waals surface area contributed by atoms with Gasteiger partial charge in [-0.05, 0) is 22.9 Å². The van der Waals surface area contributed by atoms with Crippen LogP contribution >= 0.6 is 15.9 Å². The lowest BCUT2D eigenvalue weighted by Crippen LogP contribution is -2.20. The quantitative estimate of drug-likeness (QED) is 0.571. The monoisotopic (exact) mass is 418 g/mol. The molecule has 0 atom stereocenters. The molecule has 1 amide bonds. The Morgan fingerprint density at radius 2 is 2.16 bits per heavy atom. The van der Waals surface area contributed by atoms with E-state index in [-0.39, 0.29) is 28.1 Å². The number of hydrogen-bond donors (Lipinski definition) is 1. The molecule has 0 aliphatic rings. The Hall–Kier alpha value is -2.56. The maximum Gasteiger partial charge on any atom is 0.283 e. The standard InChI is InChI=1S/C14H13BrF2N4O4/c1-7-12(15)13(14(16)17)19-20(7)6-11(22)18-8-3-9(21(23)24)5-10(4-8)25-2/h3-5,14H,6H2,1-2H3,(H,18,22). The summed E-state index contributed by atoms with van der Waals surface area (Å²) in [5.74, 6) is -0.385. The number of halogens is 3. The number of carbonyl (C=O) groups excluding carboxylic acids is 1. The largest absolute Gasteiger partial charge is 0.496 e. The van der Waals surface area contributed by atoms with Crippen LogP contribution in [0.5, 0.6) is 5.75 Å². The summed E-state index contributed by atoms with van der Waals surface area (Å²) in [6, 6.07) is 3.78. The Balaban J connectivity index is 2.19. The van der Waals surface area contributed by atoms with Gasteiger partial charge in [0.25, 0.3) is 12.1 Å². The fourth-order valence-electron chi connectivity index (χ4n) is 2.06. The summed E-state index contributed by atoms with van der Waals surface area (Å²) in [6.07, 6.45) is -2.78. The number of benzene rings is 1. The normalized spacial score (nSPS) is 10.8. The first kappa shape index (κ1) is 18.8. The number of nitro groups is 1. The van der Waals surface area contributed by atoms with Crippen LogP contribution in [0, 0.1) is 17.0 Å². The highest BCUT2D eigenvalue weighted by Crippen LogP contribution is 2.29. The summed E-state index contributed by atoms with van der Waals surface area (Å²) < 4.78 is 31.8. The van der Waals surface area contributed by atoms with Crippen molar-refractivity contribution in [3.8, 4) is 5.75 Å². The van der Waals surface area contributed by atoms with E-state index in [9.17, 15) is 23.7 Å². The maximum absolute atomic E-state index is 12.8. The predicted molar refractivity (Wildman–Crippen MR) is 87.9 cm³/mol. The third-order valence-electron chi connectivity index (χ3n) is 3.28. The summed E-state index contributed by atoms with van der Waals surface area (Å²) in [6.45, 7) is 1.20. The van der Waals surface area contributed by atoms with Crippen molar-refractivity contribution >= 4 is 33.2 Å². The lowest BCUT2D eigenvalue weighted by Gasteiger charge is -2.08. The van der Waals surface area contributed by atoms with E-state index in [1.54, 1.807) is 0 Å². The molecule has 0 saturated heterocycles. The first-order valence-electron chi connectivity index (χ1n) is 6.87. The highest BCUT2D eigenvalue weighted by atomic mass is 79.9. The second-order valence-corrected chi connectivity index (χ2v) is 5.76. The van der Waals surface area contributed by atoms with Crippen LogP contribution in [0.25, 0.3) is 0 Å². The Bertz CT molecular complexity index is 825. The van der Waals surface area contributed by atoms with E-state index in [1.165, 1.54) is 26.2 Å². The number of hydrogen-bond acceptors (Lipinski definition) is 5. The van der Waals surface area contributed by atoms with Gasteiger partial charge >= 0.3 is 0 Å². The number of alkyl halides is 2. The van der Waals surface area contributed by atoms with E-state index < -0.39 is 22.9 Å². The molecule has 2 rings (SSSR count). The Morgan fingerprint density at radius 3 is 2.68 bits per heavy atom. The molecule has 1 aromatic carbocycles. The topological polar surface area (TPSA) is 99.3 Å². The number of nitro benzene ring substituents is 1. The molecule has 0 fully saturated rings. The number of nitrogens with zero attached hydrogens (tertiary/aromatic N) is 3. The van der Waals surface area contributed by atoms with Gasteiger partial charge in [0.1, 0.15) is 18.0 Å². The predicted octanol–water partition coefficient (Wildman–Crippen LogP) is 3.45. The fourth-order valence-corrected chi connectivity index (χ4v) is 2.51. The highest BCUT2D eigenvalue weighted by Gasteiger charge is 2.21. The Morgan fingerprint density at radius 1 is 1.48 bits per heavy atom. The molecule has 8 nitrogen and oxygen atoms in total. The smallest absolute Gasteiger partial charge is 0.283 e. The zero-order valence-corrected chi connectivity index (χ0v) is 14.7. The third-order valence-corrected chi connectivity index (χ3v) is 4.26. The number of nitrogens with one attached hydrogen (secondary N) is 1. The van der Waals surface area contributed by atoms with E-state index >= 15 is 0 Å². The maximum atomic E-state index is 12.8. The number of amides is 1. The molecule has 11 heteroatoms. The van der Waals surface area contributed by atoms with Crippen LogP contribution in [-0.4, -0.2) is 27.7 Å². The van der Waals surface area contributed by atoms with Crippen molar-refractivity contribution in [2.45, 2.75) is 19.9 Å². The molecular formula is C14H13BrF2N4O4. The van der Waals surface area contributed by atoms with Crippen molar-refractivity contribution in [1.82, 2.24) is 9.78 Å². The molecule has 0 aliphatic heterocycles. The average Bonchev–Trinajstić information content (AvgIpc) is 2.82. The van der Waals surface area contributed by atoms with Crippen LogP contribution in [0.2, 0.25) is 0 Å². The van der Waals surface area contributed by atoms with Crippen LogP contribution in [0.4, 0.5) is 20.2 Å². The van der Waals surface area contributed by atoms with Gasteiger partial charge < -0.3 is 10.1 Å². The van der Waals surface area contributed by atoms with Crippen molar-refractivity contribution in [2.75, 3.05) is 12.4 Å². The average molecular weight is 419 g/mol. The number of carbonyl (C=O) groups is 1. The van der Waals surface area contributed by atoms with Gasteiger partial charge in [0.05, 0.1) is 34.0 Å². The SMILES string of the molecule is COc1cc(NC(=O)Cn2nc(C(F)F)c(Br)c2C)cc([N+](=O)[O-])c1. The summed E-state index contributed by atoms with van der Waals surface area (Å²) in [5, 5.41) is 17.0. The van der Waals surface area contributed by atoms with Crippen molar-refractivity contribution < 1.29 is 23.2 Å². The van der Waals surface area contributed by atoms with E-state index in [0.717, 1.165) is 10.7 Å². The lowest BCUT2D eigenvalue weighted by atomic mass is 10.2. The molecule has 0 radical (unpaired) electrons. The molecule has 0 unspecified atom stereocenters. The summed E-state index contributed by atoms with van der Waals surface area (Å²) in [4.78, 5) is 22.4. The first-order valence-corrected chi connectivity index (χ1v) is 7.66. The molecular weight excluding hydrogens is 406 g/mol. The van der Waals surface area contributed by atoms with E-state index in [2.05, 4.69) is 26.3 Å². The van der Waals surface area contributed by atoms with Gasteiger partial charge in [0.15, 0.2) is 0 Å². The minimum absolute atomic E-state index is 0.132. The second-order valence-electron chi connectivity index (χ2n) is 4.97. The first-order chi connectivity index (χ1) is 11.7. The zero-order valence-electron chi connectivity index (χ0n) is 13.1. The van der Waals surface area contributed by atoms with Crippen LogP contribution in [-0.2, 0) is 11.3 Å². The molecule has 1 heterocycles. The minimum Gasteiger partial charge on any atom is -0.496 e. The minimum atomic E-state index is -2.78. The van der Waals surface area contributed by atoms with E-state index in [1.807, 2.05) is 0 Å². The number of aromatic nitrogens is 2.